The van der Waals surface area contributed by atoms with Gasteiger partial charge in [-0.1, -0.05) is 20.8 Å². The highest BCUT2D eigenvalue weighted by Gasteiger charge is 2.31. The van der Waals surface area contributed by atoms with Gasteiger partial charge in [0.2, 0.25) is 11.8 Å². The van der Waals surface area contributed by atoms with Gasteiger partial charge in [-0.3, -0.25) is 9.59 Å². The summed E-state index contributed by atoms with van der Waals surface area (Å²) in [7, 11) is 1.56. The molecule has 0 saturated heterocycles. The van der Waals surface area contributed by atoms with Gasteiger partial charge in [0.1, 0.15) is 0 Å². The van der Waals surface area contributed by atoms with E-state index >= 15 is 0 Å². The first-order valence-electron chi connectivity index (χ1n) is 4.29. The summed E-state index contributed by atoms with van der Waals surface area (Å²) < 4.78 is 0. The first kappa shape index (κ1) is 11.9. The van der Waals surface area contributed by atoms with E-state index in [-0.39, 0.29) is 23.7 Å². The topological polar surface area (TPSA) is 72.2 Å². The number of nitrogens with one attached hydrogen (secondary N) is 1. The van der Waals surface area contributed by atoms with Gasteiger partial charge in [-0.25, -0.2) is 0 Å². The number of amides is 2. The summed E-state index contributed by atoms with van der Waals surface area (Å²) in [4.78, 5) is 22.1. The van der Waals surface area contributed by atoms with Crippen molar-refractivity contribution in [3.8, 4) is 0 Å². The molecular formula is C9H18N2O2. The molecule has 4 heteroatoms. The normalized spacial score (nSPS) is 13.5. The summed E-state index contributed by atoms with van der Waals surface area (Å²) in [5.74, 6) is -0.926. The van der Waals surface area contributed by atoms with E-state index in [1.54, 1.807) is 7.05 Å². The molecule has 0 rings (SSSR count). The minimum Gasteiger partial charge on any atom is -0.370 e. The van der Waals surface area contributed by atoms with E-state index in [1.807, 2.05) is 20.8 Å². The summed E-state index contributed by atoms with van der Waals surface area (Å²) in [5, 5.41) is 2.53. The fourth-order valence-electron chi connectivity index (χ4n) is 1.17. The molecule has 0 bridgehead atoms. The highest BCUT2D eigenvalue weighted by atomic mass is 16.2. The molecule has 13 heavy (non-hydrogen) atoms. The number of hydrogen-bond acceptors (Lipinski definition) is 2. The second-order valence-corrected chi connectivity index (χ2v) is 4.20. The molecule has 1 atom stereocenters. The van der Waals surface area contributed by atoms with Crippen LogP contribution >= 0.6 is 0 Å². The lowest BCUT2D eigenvalue weighted by Crippen LogP contribution is -2.38. The van der Waals surface area contributed by atoms with Gasteiger partial charge in [-0.15, -0.1) is 0 Å². The Morgan fingerprint density at radius 3 is 2.08 bits per heavy atom. The van der Waals surface area contributed by atoms with E-state index in [9.17, 15) is 9.59 Å². The zero-order valence-electron chi connectivity index (χ0n) is 8.68. The van der Waals surface area contributed by atoms with Gasteiger partial charge >= 0.3 is 0 Å². The summed E-state index contributed by atoms with van der Waals surface area (Å²) in [6.07, 6.45) is 0.100. The number of nitrogens with two attached hydrogens (primary N) is 1. The standard InChI is InChI=1S/C9H18N2O2/c1-9(2,3)6(5-7(10)12)8(13)11-4/h6H,5H2,1-4H3,(H2,10,12)(H,11,13). The summed E-state index contributed by atoms with van der Waals surface area (Å²) >= 11 is 0. The Hall–Kier alpha value is -1.06. The highest BCUT2D eigenvalue weighted by Crippen LogP contribution is 2.28. The first-order chi connectivity index (χ1) is 5.79. The Kier molecular flexibility index (Phi) is 3.91. The summed E-state index contributed by atoms with van der Waals surface area (Å²) in [6, 6.07) is 0. The van der Waals surface area contributed by atoms with Crippen molar-refractivity contribution in [2.75, 3.05) is 7.05 Å². The average molecular weight is 186 g/mol. The second-order valence-electron chi connectivity index (χ2n) is 4.20. The van der Waals surface area contributed by atoms with E-state index in [1.165, 1.54) is 0 Å². The highest BCUT2D eigenvalue weighted by molar-refractivity contribution is 5.85. The van der Waals surface area contributed by atoms with Crippen molar-refractivity contribution < 1.29 is 9.59 Å². The van der Waals surface area contributed by atoms with Gasteiger partial charge in [0.25, 0.3) is 0 Å². The van der Waals surface area contributed by atoms with E-state index in [4.69, 9.17) is 5.73 Å². The second kappa shape index (κ2) is 4.25. The Labute approximate surface area is 78.9 Å². The molecule has 2 amide bonds. The fraction of sp³-hybridized carbons (Fsp3) is 0.778. The molecule has 0 heterocycles. The maximum Gasteiger partial charge on any atom is 0.223 e. The molecule has 0 aliphatic heterocycles. The van der Waals surface area contributed by atoms with Crippen LogP contribution in [0.2, 0.25) is 0 Å². The van der Waals surface area contributed by atoms with E-state index < -0.39 is 5.91 Å². The third-order valence-electron chi connectivity index (χ3n) is 2.01. The molecule has 0 aromatic heterocycles. The van der Waals surface area contributed by atoms with Gasteiger partial charge in [-0.2, -0.15) is 0 Å². The van der Waals surface area contributed by atoms with Crippen LogP contribution < -0.4 is 11.1 Å². The number of rotatable bonds is 3. The molecule has 0 spiro atoms. The largest absolute Gasteiger partial charge is 0.370 e. The minimum atomic E-state index is -0.441. The monoisotopic (exact) mass is 186 g/mol. The molecule has 0 aromatic rings. The van der Waals surface area contributed by atoms with E-state index in [2.05, 4.69) is 5.32 Å². The Bertz CT molecular complexity index is 206. The maximum atomic E-state index is 11.4. The lowest BCUT2D eigenvalue weighted by Gasteiger charge is -2.27. The van der Waals surface area contributed by atoms with Crippen LogP contribution in [0.25, 0.3) is 0 Å². The van der Waals surface area contributed by atoms with Crippen LogP contribution in [0, 0.1) is 11.3 Å². The number of primary amides is 1. The van der Waals surface area contributed by atoms with Crippen LogP contribution in [0.5, 0.6) is 0 Å². The van der Waals surface area contributed by atoms with Crippen LogP contribution in [-0.4, -0.2) is 18.9 Å². The predicted octanol–water partition coefficient (Wildman–Crippen LogP) is 0.270. The van der Waals surface area contributed by atoms with Crippen LogP contribution in [0.15, 0.2) is 0 Å². The van der Waals surface area contributed by atoms with Crippen molar-refractivity contribution in [2.24, 2.45) is 17.1 Å². The molecule has 1 unspecified atom stereocenters. The molecule has 0 fully saturated rings. The molecule has 3 N–H and O–H groups in total. The van der Waals surface area contributed by atoms with Crippen molar-refractivity contribution in [3.63, 3.8) is 0 Å². The van der Waals surface area contributed by atoms with E-state index in [0.29, 0.717) is 0 Å². The average Bonchev–Trinajstić information content (AvgIpc) is 1.96. The number of carbonyl (C=O) groups is 2. The molecular weight excluding hydrogens is 168 g/mol. The fourth-order valence-corrected chi connectivity index (χ4v) is 1.17. The molecule has 0 aliphatic carbocycles. The Morgan fingerprint density at radius 2 is 1.85 bits per heavy atom. The van der Waals surface area contributed by atoms with Crippen molar-refractivity contribution in [2.45, 2.75) is 27.2 Å². The van der Waals surface area contributed by atoms with Crippen LogP contribution in [0.1, 0.15) is 27.2 Å². The van der Waals surface area contributed by atoms with Crippen molar-refractivity contribution in [1.82, 2.24) is 5.32 Å². The van der Waals surface area contributed by atoms with Crippen LogP contribution in [-0.2, 0) is 9.59 Å². The molecule has 0 aliphatic rings. The number of carbonyl (C=O) groups excluding carboxylic acids is 2. The molecule has 4 nitrogen and oxygen atoms in total. The SMILES string of the molecule is CNC(=O)C(CC(N)=O)C(C)(C)C. The maximum absolute atomic E-state index is 11.4. The first-order valence-corrected chi connectivity index (χ1v) is 4.29. The third kappa shape index (κ3) is 3.92. The molecule has 0 saturated carbocycles. The summed E-state index contributed by atoms with van der Waals surface area (Å²) in [5.41, 5.74) is 4.82. The van der Waals surface area contributed by atoms with Gasteiger partial charge in [0.15, 0.2) is 0 Å². The minimum absolute atomic E-state index is 0.100. The van der Waals surface area contributed by atoms with Crippen molar-refractivity contribution >= 4 is 11.8 Å². The van der Waals surface area contributed by atoms with Gasteiger partial charge in [0.05, 0.1) is 5.92 Å². The Morgan fingerprint density at radius 1 is 1.38 bits per heavy atom. The smallest absolute Gasteiger partial charge is 0.223 e. The van der Waals surface area contributed by atoms with Gasteiger partial charge < -0.3 is 11.1 Å². The lowest BCUT2D eigenvalue weighted by molar-refractivity contribution is -0.132. The predicted molar refractivity (Wildman–Crippen MR) is 50.8 cm³/mol. The van der Waals surface area contributed by atoms with Crippen LogP contribution in [0.3, 0.4) is 0 Å². The number of hydrogen-bond donors (Lipinski definition) is 2. The zero-order valence-corrected chi connectivity index (χ0v) is 8.68. The molecule has 0 aromatic carbocycles. The third-order valence-corrected chi connectivity index (χ3v) is 2.01. The molecule has 76 valence electrons. The lowest BCUT2D eigenvalue weighted by atomic mass is 9.78. The van der Waals surface area contributed by atoms with Crippen molar-refractivity contribution in [1.29, 1.82) is 0 Å². The summed E-state index contributed by atoms with van der Waals surface area (Å²) in [6.45, 7) is 5.74. The van der Waals surface area contributed by atoms with E-state index in [0.717, 1.165) is 0 Å². The van der Waals surface area contributed by atoms with Crippen LogP contribution in [0.4, 0.5) is 0 Å². The van der Waals surface area contributed by atoms with Gasteiger partial charge in [-0.05, 0) is 5.41 Å². The zero-order chi connectivity index (χ0) is 10.6. The van der Waals surface area contributed by atoms with Gasteiger partial charge in [0, 0.05) is 13.5 Å². The molecule has 0 radical (unpaired) electrons. The Balaban J connectivity index is 4.56. The quantitative estimate of drug-likeness (QED) is 0.664. The van der Waals surface area contributed by atoms with Crippen molar-refractivity contribution in [3.05, 3.63) is 0 Å².